The number of benzene rings is 1. The summed E-state index contributed by atoms with van der Waals surface area (Å²) in [5.74, 6) is 2.52. The van der Waals surface area contributed by atoms with Crippen LogP contribution in [0.4, 0.5) is 8.78 Å². The Morgan fingerprint density at radius 2 is 1.82 bits per heavy atom. The van der Waals surface area contributed by atoms with Crippen molar-refractivity contribution in [1.29, 1.82) is 0 Å². The van der Waals surface area contributed by atoms with Crippen LogP contribution in [0.25, 0.3) is 0 Å². The van der Waals surface area contributed by atoms with Crippen molar-refractivity contribution in [2.45, 2.75) is 18.9 Å². The molecule has 1 atom stereocenters. The second-order valence-electron chi connectivity index (χ2n) is 3.66. The lowest BCUT2D eigenvalue weighted by Gasteiger charge is -2.17. The second kappa shape index (κ2) is 7.00. The van der Waals surface area contributed by atoms with Gasteiger partial charge >= 0.3 is 0 Å². The van der Waals surface area contributed by atoms with Crippen LogP contribution >= 0.6 is 0 Å². The van der Waals surface area contributed by atoms with Gasteiger partial charge in [0.15, 0.2) is 0 Å². The summed E-state index contributed by atoms with van der Waals surface area (Å²) >= 11 is 0. The summed E-state index contributed by atoms with van der Waals surface area (Å²) in [4.78, 5) is 0. The van der Waals surface area contributed by atoms with Crippen LogP contribution in [-0.2, 0) is 0 Å². The molecule has 0 aliphatic carbocycles. The van der Waals surface area contributed by atoms with Crippen molar-refractivity contribution >= 4 is 0 Å². The lowest BCUT2D eigenvalue weighted by atomic mass is 10.0. The van der Waals surface area contributed by atoms with Gasteiger partial charge in [-0.25, -0.2) is 8.78 Å². The van der Waals surface area contributed by atoms with Gasteiger partial charge in [-0.15, -0.1) is 12.3 Å². The molecule has 3 N–H and O–H groups in total. The molecule has 1 aromatic carbocycles. The molecule has 4 heteroatoms. The minimum atomic E-state index is -2.44. The van der Waals surface area contributed by atoms with Gasteiger partial charge in [-0.05, 0) is 5.56 Å². The molecule has 1 unspecified atom stereocenters. The molecule has 0 radical (unpaired) electrons. The maximum absolute atomic E-state index is 12.4. The molecule has 92 valence electrons. The molecule has 0 bridgehead atoms. The van der Waals surface area contributed by atoms with E-state index in [9.17, 15) is 8.78 Å². The zero-order valence-electron chi connectivity index (χ0n) is 9.50. The second-order valence-corrected chi connectivity index (χ2v) is 3.66. The van der Waals surface area contributed by atoms with Gasteiger partial charge in [0.2, 0.25) is 0 Å². The van der Waals surface area contributed by atoms with E-state index in [1.54, 1.807) is 12.1 Å². The summed E-state index contributed by atoms with van der Waals surface area (Å²) in [5, 5.41) is 3.18. The van der Waals surface area contributed by atoms with Crippen LogP contribution in [0.3, 0.4) is 0 Å². The molecule has 2 nitrogen and oxygen atoms in total. The molecule has 0 aromatic heterocycles. The van der Waals surface area contributed by atoms with Gasteiger partial charge in [0, 0.05) is 31.1 Å². The minimum absolute atomic E-state index is 0.0214. The highest BCUT2D eigenvalue weighted by Crippen LogP contribution is 2.20. The van der Waals surface area contributed by atoms with E-state index in [4.69, 9.17) is 12.2 Å². The molecule has 0 aliphatic rings. The third kappa shape index (κ3) is 4.14. The highest BCUT2D eigenvalue weighted by Gasteiger charge is 2.10. The first-order valence-electron chi connectivity index (χ1n) is 5.44. The summed E-state index contributed by atoms with van der Waals surface area (Å²) in [5.41, 5.74) is 6.54. The monoisotopic (exact) mass is 238 g/mol. The first-order chi connectivity index (χ1) is 8.19. The third-order valence-electron chi connectivity index (χ3n) is 2.49. The van der Waals surface area contributed by atoms with Gasteiger partial charge in [0.05, 0.1) is 0 Å². The van der Waals surface area contributed by atoms with Crippen molar-refractivity contribution < 1.29 is 8.78 Å². The standard InChI is InChI=1S/C13H16F2N2/c1-2-3-8-17-12(9-16)10-4-6-11(7-5-10)13(14)15/h1,4-7,12-13,17H,3,8-9,16H2. The normalized spacial score (nSPS) is 12.4. The first-order valence-corrected chi connectivity index (χ1v) is 5.44. The molecule has 0 heterocycles. The number of nitrogens with two attached hydrogens (primary N) is 1. The fraction of sp³-hybridized carbons (Fsp3) is 0.385. The Balaban J connectivity index is 2.65. The number of hydrogen-bond donors (Lipinski definition) is 2. The predicted molar refractivity (Wildman–Crippen MR) is 64.6 cm³/mol. The average molecular weight is 238 g/mol. The number of alkyl halides is 2. The highest BCUT2D eigenvalue weighted by molar-refractivity contribution is 5.26. The Bertz CT molecular complexity index is 368. The van der Waals surface area contributed by atoms with Crippen LogP contribution in [0, 0.1) is 12.3 Å². The Kier molecular flexibility index (Phi) is 5.61. The number of rotatable bonds is 6. The van der Waals surface area contributed by atoms with E-state index < -0.39 is 6.43 Å². The van der Waals surface area contributed by atoms with E-state index in [0.717, 1.165) is 5.56 Å². The first kappa shape index (κ1) is 13.6. The Morgan fingerprint density at radius 3 is 2.29 bits per heavy atom. The summed E-state index contributed by atoms with van der Waals surface area (Å²) in [7, 11) is 0. The summed E-state index contributed by atoms with van der Waals surface area (Å²) in [6, 6.07) is 6.14. The third-order valence-corrected chi connectivity index (χ3v) is 2.49. The van der Waals surface area contributed by atoms with E-state index in [0.29, 0.717) is 19.5 Å². The van der Waals surface area contributed by atoms with Gasteiger partial charge in [-0.1, -0.05) is 24.3 Å². The SMILES string of the molecule is C#CCCNC(CN)c1ccc(C(F)F)cc1. The molecule has 0 fully saturated rings. The Morgan fingerprint density at radius 1 is 1.24 bits per heavy atom. The lowest BCUT2D eigenvalue weighted by Crippen LogP contribution is -2.28. The van der Waals surface area contributed by atoms with Crippen LogP contribution < -0.4 is 11.1 Å². The van der Waals surface area contributed by atoms with E-state index in [1.165, 1.54) is 12.1 Å². The lowest BCUT2D eigenvalue weighted by molar-refractivity contribution is 0.151. The van der Waals surface area contributed by atoms with Crippen LogP contribution in [0.1, 0.15) is 30.0 Å². The molecule has 0 saturated heterocycles. The van der Waals surface area contributed by atoms with E-state index in [-0.39, 0.29) is 11.6 Å². The van der Waals surface area contributed by atoms with Gasteiger partial charge in [0.1, 0.15) is 0 Å². The molecular formula is C13H16F2N2. The maximum atomic E-state index is 12.4. The molecule has 0 spiro atoms. The molecule has 1 aromatic rings. The van der Waals surface area contributed by atoms with Gasteiger partial charge in [-0.3, -0.25) is 0 Å². The average Bonchev–Trinajstić information content (AvgIpc) is 2.35. The van der Waals surface area contributed by atoms with E-state index >= 15 is 0 Å². The Hall–Kier alpha value is -1.44. The van der Waals surface area contributed by atoms with Gasteiger partial charge in [0.25, 0.3) is 6.43 Å². The topological polar surface area (TPSA) is 38.0 Å². The Labute approximate surface area is 100 Å². The van der Waals surface area contributed by atoms with Crippen LogP contribution in [0.2, 0.25) is 0 Å². The summed E-state index contributed by atoms with van der Waals surface area (Å²) in [6.07, 6.45) is 3.32. The van der Waals surface area contributed by atoms with E-state index in [1.807, 2.05) is 0 Å². The summed E-state index contributed by atoms with van der Waals surface area (Å²) in [6.45, 7) is 1.06. The van der Waals surface area contributed by atoms with Crippen molar-refractivity contribution in [3.63, 3.8) is 0 Å². The zero-order chi connectivity index (χ0) is 12.7. The fourth-order valence-electron chi connectivity index (χ4n) is 1.53. The number of nitrogens with one attached hydrogen (secondary N) is 1. The van der Waals surface area contributed by atoms with Gasteiger partial charge < -0.3 is 11.1 Å². The maximum Gasteiger partial charge on any atom is 0.263 e. The van der Waals surface area contributed by atoms with Crippen molar-refractivity contribution in [1.82, 2.24) is 5.32 Å². The highest BCUT2D eigenvalue weighted by atomic mass is 19.3. The zero-order valence-corrected chi connectivity index (χ0v) is 9.50. The molecule has 0 saturated carbocycles. The largest absolute Gasteiger partial charge is 0.329 e. The van der Waals surface area contributed by atoms with Crippen molar-refractivity contribution in [3.05, 3.63) is 35.4 Å². The number of terminal acetylenes is 1. The molecule has 0 aliphatic heterocycles. The molecular weight excluding hydrogens is 222 g/mol. The van der Waals surface area contributed by atoms with Crippen LogP contribution in [0.15, 0.2) is 24.3 Å². The summed E-state index contributed by atoms with van der Waals surface area (Å²) < 4.78 is 24.7. The smallest absolute Gasteiger partial charge is 0.263 e. The number of hydrogen-bond acceptors (Lipinski definition) is 2. The predicted octanol–water partition coefficient (Wildman–Crippen LogP) is 2.24. The quantitative estimate of drug-likeness (QED) is 0.589. The van der Waals surface area contributed by atoms with Crippen molar-refractivity contribution in [2.24, 2.45) is 5.73 Å². The molecule has 1 rings (SSSR count). The van der Waals surface area contributed by atoms with E-state index in [2.05, 4.69) is 11.2 Å². The van der Waals surface area contributed by atoms with Crippen LogP contribution in [-0.4, -0.2) is 13.1 Å². The molecule has 0 amide bonds. The van der Waals surface area contributed by atoms with Crippen LogP contribution in [0.5, 0.6) is 0 Å². The van der Waals surface area contributed by atoms with Gasteiger partial charge in [-0.2, -0.15) is 0 Å². The van der Waals surface area contributed by atoms with Crippen molar-refractivity contribution in [2.75, 3.05) is 13.1 Å². The fourth-order valence-corrected chi connectivity index (χ4v) is 1.53. The minimum Gasteiger partial charge on any atom is -0.329 e. The van der Waals surface area contributed by atoms with Crippen molar-refractivity contribution in [3.8, 4) is 12.3 Å². The number of halogens is 2. The molecule has 17 heavy (non-hydrogen) atoms.